The van der Waals surface area contributed by atoms with E-state index in [4.69, 9.17) is 0 Å². The molecule has 0 aliphatic heterocycles. The van der Waals surface area contributed by atoms with Crippen molar-refractivity contribution in [3.63, 3.8) is 0 Å². The summed E-state index contributed by atoms with van der Waals surface area (Å²) in [5.74, 6) is 0. The molecule has 0 fully saturated rings. The van der Waals surface area contributed by atoms with Gasteiger partial charge in [-0.25, -0.2) is 0 Å². The van der Waals surface area contributed by atoms with Crippen LogP contribution in [0.2, 0.25) is 0 Å². The molecule has 0 saturated heterocycles. The minimum absolute atomic E-state index is 0.00329. The molecule has 0 aliphatic carbocycles. The van der Waals surface area contributed by atoms with Gasteiger partial charge in [-0.2, -0.15) is 9.83 Å². The van der Waals surface area contributed by atoms with Crippen LogP contribution < -0.4 is 4.57 Å². The third kappa shape index (κ3) is 4.18. The Hall–Kier alpha value is -4.22. The van der Waals surface area contributed by atoms with Crippen molar-refractivity contribution >= 4 is 10.8 Å². The number of hydrogen-bond acceptors (Lipinski definition) is 1. The van der Waals surface area contributed by atoms with Gasteiger partial charge in [-0.3, -0.25) is 0 Å². The number of benzene rings is 4. The van der Waals surface area contributed by atoms with Crippen molar-refractivity contribution in [2.75, 3.05) is 0 Å². The first-order chi connectivity index (χ1) is 17.3. The lowest BCUT2D eigenvalue weighted by Crippen LogP contribution is -2.31. The zero-order valence-electron chi connectivity index (χ0n) is 21.6. The van der Waals surface area contributed by atoms with Crippen molar-refractivity contribution in [1.82, 2.24) is 0 Å². The number of aryl methyl sites for hydroxylation is 2. The van der Waals surface area contributed by atoms with Crippen molar-refractivity contribution in [2.24, 2.45) is 7.05 Å². The zero-order chi connectivity index (χ0) is 25.4. The van der Waals surface area contributed by atoms with E-state index < -0.39 is 0 Å². The minimum Gasteiger partial charge on any atom is -0.200 e. The standard InChI is InChI=1S/C34H31N2/c1-23-28-13-9-10-14-29(28)32(34(2,3)4)19-30(23)33-20-31(27(21-35)22-36(33)5)26-17-15-25(16-18-26)24-11-7-6-8-12-24/h6-20,22H,1-5H3/q+1. The number of nitrogens with zero attached hydrogens (tertiary/aromatic N) is 2. The van der Waals surface area contributed by atoms with Gasteiger partial charge in [-0.15, -0.1) is 0 Å². The van der Waals surface area contributed by atoms with Gasteiger partial charge in [0.2, 0.25) is 5.69 Å². The molecule has 2 nitrogen and oxygen atoms in total. The maximum atomic E-state index is 9.98. The van der Waals surface area contributed by atoms with E-state index in [1.165, 1.54) is 38.6 Å². The lowest BCUT2D eigenvalue weighted by atomic mass is 9.80. The van der Waals surface area contributed by atoms with Crippen LogP contribution in [0.1, 0.15) is 37.5 Å². The van der Waals surface area contributed by atoms with Gasteiger partial charge in [0.1, 0.15) is 18.7 Å². The summed E-state index contributed by atoms with van der Waals surface area (Å²) in [4.78, 5) is 0. The van der Waals surface area contributed by atoms with Gasteiger partial charge in [0.25, 0.3) is 0 Å². The molecule has 0 spiro atoms. The topological polar surface area (TPSA) is 27.7 Å². The van der Waals surface area contributed by atoms with Gasteiger partial charge < -0.3 is 0 Å². The first-order valence-electron chi connectivity index (χ1n) is 12.4. The third-order valence-electron chi connectivity index (χ3n) is 7.10. The van der Waals surface area contributed by atoms with Crippen LogP contribution >= 0.6 is 0 Å². The Kier molecular flexibility index (Phi) is 5.94. The Morgan fingerprint density at radius 2 is 1.28 bits per heavy atom. The molecule has 176 valence electrons. The fourth-order valence-corrected chi connectivity index (χ4v) is 5.12. The molecule has 2 heteroatoms. The number of pyridine rings is 1. The quantitative estimate of drug-likeness (QED) is 0.246. The monoisotopic (exact) mass is 467 g/mol. The Morgan fingerprint density at radius 1 is 0.694 bits per heavy atom. The van der Waals surface area contributed by atoms with Crippen molar-refractivity contribution in [1.29, 1.82) is 5.26 Å². The molecule has 36 heavy (non-hydrogen) atoms. The molecule has 0 saturated carbocycles. The molecule has 1 heterocycles. The van der Waals surface area contributed by atoms with Crippen LogP contribution in [0.3, 0.4) is 0 Å². The zero-order valence-corrected chi connectivity index (χ0v) is 21.6. The summed E-state index contributed by atoms with van der Waals surface area (Å²) in [6.45, 7) is 9.02. The summed E-state index contributed by atoms with van der Waals surface area (Å²) in [5.41, 5.74) is 9.91. The van der Waals surface area contributed by atoms with E-state index in [9.17, 15) is 5.26 Å². The van der Waals surface area contributed by atoms with Gasteiger partial charge in [-0.05, 0) is 57.0 Å². The van der Waals surface area contributed by atoms with Gasteiger partial charge in [-0.1, -0.05) is 99.6 Å². The Morgan fingerprint density at radius 3 is 1.92 bits per heavy atom. The van der Waals surface area contributed by atoms with Crippen LogP contribution in [0.5, 0.6) is 0 Å². The van der Waals surface area contributed by atoms with Crippen molar-refractivity contribution in [2.45, 2.75) is 33.1 Å². The highest BCUT2D eigenvalue weighted by Crippen LogP contribution is 2.38. The molecule has 0 radical (unpaired) electrons. The molecule has 0 atom stereocenters. The number of aromatic nitrogens is 1. The average molecular weight is 468 g/mol. The number of rotatable bonds is 3. The highest BCUT2D eigenvalue weighted by atomic mass is 14.9. The summed E-state index contributed by atoms with van der Waals surface area (Å²) in [7, 11) is 2.03. The molecule has 0 unspecified atom stereocenters. The summed E-state index contributed by atoms with van der Waals surface area (Å²) in [5, 5.41) is 12.6. The van der Waals surface area contributed by atoms with Crippen molar-refractivity contribution in [3.8, 4) is 39.6 Å². The van der Waals surface area contributed by atoms with E-state index in [1.807, 2.05) is 19.3 Å². The van der Waals surface area contributed by atoms with E-state index in [2.05, 4.69) is 123 Å². The Labute approximate surface area is 214 Å². The minimum atomic E-state index is 0.00329. The van der Waals surface area contributed by atoms with Crippen LogP contribution in [0.15, 0.2) is 97.2 Å². The number of hydrogen-bond donors (Lipinski definition) is 0. The van der Waals surface area contributed by atoms with E-state index >= 15 is 0 Å². The first kappa shape index (κ1) is 23.5. The molecule has 5 aromatic rings. The molecule has 5 rings (SSSR count). The Balaban J connectivity index is 1.70. The smallest absolute Gasteiger partial charge is 0.200 e. The Bertz CT molecular complexity index is 1610. The maximum Gasteiger partial charge on any atom is 0.213 e. The van der Waals surface area contributed by atoms with Crippen molar-refractivity contribution < 1.29 is 4.57 Å². The molecule has 0 aliphatic rings. The second-order valence-electron chi connectivity index (χ2n) is 10.5. The summed E-state index contributed by atoms with van der Waals surface area (Å²) in [6.07, 6.45) is 1.96. The van der Waals surface area contributed by atoms with Crippen LogP contribution in [0, 0.1) is 18.3 Å². The molecule has 0 amide bonds. The first-order valence-corrected chi connectivity index (χ1v) is 12.4. The second kappa shape index (κ2) is 9.10. The fourth-order valence-electron chi connectivity index (χ4n) is 5.12. The summed E-state index contributed by atoms with van der Waals surface area (Å²) in [6, 6.07) is 34.5. The third-order valence-corrected chi connectivity index (χ3v) is 7.10. The molecule has 0 bridgehead atoms. The van der Waals surface area contributed by atoms with Gasteiger partial charge in [0, 0.05) is 17.2 Å². The highest BCUT2D eigenvalue weighted by molar-refractivity contribution is 5.94. The highest BCUT2D eigenvalue weighted by Gasteiger charge is 2.24. The lowest BCUT2D eigenvalue weighted by Gasteiger charge is -2.24. The predicted molar refractivity (Wildman–Crippen MR) is 150 cm³/mol. The lowest BCUT2D eigenvalue weighted by molar-refractivity contribution is -0.660. The molecule has 4 aromatic carbocycles. The molecule has 1 aromatic heterocycles. The second-order valence-corrected chi connectivity index (χ2v) is 10.5. The van der Waals surface area contributed by atoms with Gasteiger partial charge in [0.15, 0.2) is 6.20 Å². The van der Waals surface area contributed by atoms with Crippen molar-refractivity contribution in [3.05, 3.63) is 114 Å². The summed E-state index contributed by atoms with van der Waals surface area (Å²) < 4.78 is 2.09. The maximum absolute atomic E-state index is 9.98. The van der Waals surface area contributed by atoms with E-state index in [-0.39, 0.29) is 5.41 Å². The number of fused-ring (bicyclic) bond motifs is 1. The van der Waals surface area contributed by atoms with Crippen LogP contribution in [-0.2, 0) is 12.5 Å². The largest absolute Gasteiger partial charge is 0.213 e. The molecular weight excluding hydrogens is 436 g/mol. The van der Waals surface area contributed by atoms with Gasteiger partial charge >= 0.3 is 0 Å². The van der Waals surface area contributed by atoms with E-state index in [0.29, 0.717) is 5.56 Å². The average Bonchev–Trinajstić information content (AvgIpc) is 2.89. The number of nitriles is 1. The summed E-state index contributed by atoms with van der Waals surface area (Å²) >= 11 is 0. The van der Waals surface area contributed by atoms with Crippen LogP contribution in [0.25, 0.3) is 44.3 Å². The van der Waals surface area contributed by atoms with E-state index in [1.54, 1.807) is 0 Å². The van der Waals surface area contributed by atoms with Gasteiger partial charge in [0.05, 0.1) is 0 Å². The van der Waals surface area contributed by atoms with Crippen LogP contribution in [0.4, 0.5) is 0 Å². The molecular formula is C34H31N2+. The molecule has 0 N–H and O–H groups in total. The predicted octanol–water partition coefficient (Wildman–Crippen LogP) is 8.14. The SMILES string of the molecule is Cc1c(-c2cc(-c3ccc(-c4ccccc4)cc3)c(C#N)c[n+]2C)cc(C(C)(C)C)c2ccccc12. The normalized spacial score (nSPS) is 11.4. The van der Waals surface area contributed by atoms with E-state index in [0.717, 1.165) is 16.8 Å². The fraction of sp³-hybridized carbons (Fsp3) is 0.176. The van der Waals surface area contributed by atoms with Crippen LogP contribution in [-0.4, -0.2) is 0 Å².